The number of carbonyl (C=O) groups is 1. The van der Waals surface area contributed by atoms with E-state index in [1.165, 1.54) is 32.4 Å². The van der Waals surface area contributed by atoms with Crippen LogP contribution in [-0.2, 0) is 4.74 Å². The third-order valence-electron chi connectivity index (χ3n) is 2.48. The summed E-state index contributed by atoms with van der Waals surface area (Å²) in [7, 11) is 2.50. The average molecular weight is 273 g/mol. The number of likely N-dealkylation sites (N-methyl/N-ethyl adjacent to an activating group) is 1. The van der Waals surface area contributed by atoms with Crippen molar-refractivity contribution in [3.05, 3.63) is 41.5 Å². The molecule has 0 aliphatic heterocycles. The van der Waals surface area contributed by atoms with Crippen molar-refractivity contribution in [3.63, 3.8) is 0 Å². The van der Waals surface area contributed by atoms with Gasteiger partial charge in [-0.25, -0.2) is 4.79 Å². The highest BCUT2D eigenvalue weighted by molar-refractivity contribution is 5.89. The van der Waals surface area contributed by atoms with Gasteiger partial charge in [-0.15, -0.1) is 0 Å². The molecule has 0 aliphatic rings. The Labute approximate surface area is 109 Å². The van der Waals surface area contributed by atoms with Crippen LogP contribution in [0.4, 0.5) is 13.2 Å². The summed E-state index contributed by atoms with van der Waals surface area (Å²) >= 11 is 0. The molecule has 1 aromatic rings. The number of ether oxygens (including phenoxy) is 1. The minimum absolute atomic E-state index is 0.348. The van der Waals surface area contributed by atoms with Gasteiger partial charge >= 0.3 is 12.1 Å². The van der Waals surface area contributed by atoms with Crippen molar-refractivity contribution in [2.45, 2.75) is 12.2 Å². The Balaban J connectivity index is 2.80. The normalized spacial score (nSPS) is 13.5. The summed E-state index contributed by atoms with van der Waals surface area (Å²) < 4.78 is 41.9. The molecule has 3 nitrogen and oxygen atoms in total. The fourth-order valence-corrected chi connectivity index (χ4v) is 1.42. The van der Waals surface area contributed by atoms with Gasteiger partial charge in [-0.3, -0.25) is 0 Å². The summed E-state index contributed by atoms with van der Waals surface area (Å²) in [6.45, 7) is 0. The first-order chi connectivity index (χ1) is 8.88. The molecule has 0 aliphatic carbocycles. The van der Waals surface area contributed by atoms with E-state index in [9.17, 15) is 18.0 Å². The number of methoxy groups -OCH3 is 1. The monoisotopic (exact) mass is 273 g/mol. The Bertz CT molecular complexity index is 452. The van der Waals surface area contributed by atoms with Gasteiger partial charge in [0.05, 0.1) is 12.7 Å². The second-order valence-electron chi connectivity index (χ2n) is 3.78. The van der Waals surface area contributed by atoms with Crippen LogP contribution in [-0.4, -0.2) is 32.3 Å². The second kappa shape index (κ2) is 6.38. The number of hydrogen-bond acceptors (Lipinski definition) is 3. The van der Waals surface area contributed by atoms with Crippen molar-refractivity contribution in [1.29, 1.82) is 0 Å². The molecule has 0 spiro atoms. The van der Waals surface area contributed by atoms with Gasteiger partial charge in [-0.1, -0.05) is 24.3 Å². The molecule has 1 aromatic carbocycles. The number of esters is 1. The number of alkyl halides is 3. The molecule has 0 amide bonds. The highest BCUT2D eigenvalue weighted by Crippen LogP contribution is 2.21. The molecule has 0 saturated carbocycles. The largest absolute Gasteiger partial charge is 0.465 e. The zero-order valence-corrected chi connectivity index (χ0v) is 10.5. The maximum atomic E-state index is 12.5. The second-order valence-corrected chi connectivity index (χ2v) is 3.78. The van der Waals surface area contributed by atoms with Crippen LogP contribution in [0.25, 0.3) is 6.08 Å². The van der Waals surface area contributed by atoms with Crippen LogP contribution < -0.4 is 5.32 Å². The minimum atomic E-state index is -4.34. The van der Waals surface area contributed by atoms with Crippen molar-refractivity contribution in [2.24, 2.45) is 0 Å². The van der Waals surface area contributed by atoms with E-state index in [0.29, 0.717) is 11.1 Å². The molecule has 0 radical (unpaired) electrons. The van der Waals surface area contributed by atoms with Crippen molar-refractivity contribution in [1.82, 2.24) is 5.32 Å². The van der Waals surface area contributed by atoms with E-state index in [2.05, 4.69) is 10.1 Å². The van der Waals surface area contributed by atoms with E-state index >= 15 is 0 Å². The Morgan fingerprint density at radius 1 is 1.32 bits per heavy atom. The topological polar surface area (TPSA) is 38.3 Å². The average Bonchev–Trinajstić information content (AvgIpc) is 2.37. The predicted octanol–water partition coefficient (Wildman–Crippen LogP) is 2.64. The van der Waals surface area contributed by atoms with E-state index < -0.39 is 18.2 Å². The van der Waals surface area contributed by atoms with E-state index in [-0.39, 0.29) is 0 Å². The Morgan fingerprint density at radius 3 is 2.32 bits per heavy atom. The van der Waals surface area contributed by atoms with Gasteiger partial charge in [0.25, 0.3) is 0 Å². The molecular formula is C13H14F3NO2. The number of benzene rings is 1. The molecule has 0 saturated heterocycles. The van der Waals surface area contributed by atoms with Crippen molar-refractivity contribution in [3.8, 4) is 0 Å². The summed E-state index contributed by atoms with van der Waals surface area (Å²) in [5.74, 6) is -0.487. The lowest BCUT2D eigenvalue weighted by Crippen LogP contribution is -2.38. The molecule has 104 valence electrons. The van der Waals surface area contributed by atoms with Crippen molar-refractivity contribution in [2.75, 3.05) is 14.2 Å². The first kappa shape index (κ1) is 15.2. The Kier molecular flexibility index (Phi) is 5.11. The smallest absolute Gasteiger partial charge is 0.407 e. The van der Waals surface area contributed by atoms with E-state index in [0.717, 1.165) is 6.08 Å². The molecule has 6 heteroatoms. The first-order valence-electron chi connectivity index (χ1n) is 5.49. The molecular weight excluding hydrogens is 259 g/mol. The highest BCUT2D eigenvalue weighted by atomic mass is 19.4. The zero-order chi connectivity index (χ0) is 14.5. The highest BCUT2D eigenvalue weighted by Gasteiger charge is 2.36. The molecule has 1 unspecified atom stereocenters. The number of halogens is 3. The lowest BCUT2D eigenvalue weighted by atomic mass is 10.1. The standard InChI is InChI=1S/C13H14F3NO2/c1-17-11(13(14,15)16)8-5-9-3-6-10(7-4-9)12(18)19-2/h3-8,11,17H,1-2H3/b8-5+. The summed E-state index contributed by atoms with van der Waals surface area (Å²) in [6, 6.07) is 4.38. The van der Waals surface area contributed by atoms with Gasteiger partial charge in [-0.05, 0) is 24.7 Å². The molecule has 0 aromatic heterocycles. The minimum Gasteiger partial charge on any atom is -0.465 e. The Hall–Kier alpha value is -1.82. The fraction of sp³-hybridized carbons (Fsp3) is 0.308. The van der Waals surface area contributed by atoms with Gasteiger partial charge in [-0.2, -0.15) is 13.2 Å². The van der Waals surface area contributed by atoms with Crippen LogP contribution >= 0.6 is 0 Å². The number of rotatable bonds is 4. The lowest BCUT2D eigenvalue weighted by Gasteiger charge is -2.15. The van der Waals surface area contributed by atoms with Crippen molar-refractivity contribution < 1.29 is 22.7 Å². The summed E-state index contributed by atoms with van der Waals surface area (Å²) in [5, 5.41) is 2.17. The van der Waals surface area contributed by atoms with E-state index in [1.54, 1.807) is 12.1 Å². The summed E-state index contributed by atoms with van der Waals surface area (Å²) in [4.78, 5) is 11.2. The molecule has 0 heterocycles. The lowest BCUT2D eigenvalue weighted by molar-refractivity contribution is -0.143. The number of nitrogens with one attached hydrogen (secondary N) is 1. The van der Waals surface area contributed by atoms with Crippen LogP contribution in [0.15, 0.2) is 30.3 Å². The molecule has 1 rings (SSSR count). The zero-order valence-electron chi connectivity index (χ0n) is 10.5. The third-order valence-corrected chi connectivity index (χ3v) is 2.48. The molecule has 19 heavy (non-hydrogen) atoms. The number of carbonyl (C=O) groups excluding carboxylic acids is 1. The number of hydrogen-bond donors (Lipinski definition) is 1. The summed E-state index contributed by atoms with van der Waals surface area (Å²) in [6.07, 6.45) is -1.97. The van der Waals surface area contributed by atoms with Crippen LogP contribution in [0.3, 0.4) is 0 Å². The van der Waals surface area contributed by atoms with Gasteiger partial charge < -0.3 is 10.1 Å². The third kappa shape index (κ3) is 4.40. The summed E-state index contributed by atoms with van der Waals surface area (Å²) in [5.41, 5.74) is 0.915. The van der Waals surface area contributed by atoms with Crippen LogP contribution in [0.5, 0.6) is 0 Å². The molecule has 1 N–H and O–H groups in total. The maximum Gasteiger partial charge on any atom is 0.407 e. The van der Waals surface area contributed by atoms with Crippen LogP contribution in [0.2, 0.25) is 0 Å². The predicted molar refractivity (Wildman–Crippen MR) is 65.7 cm³/mol. The van der Waals surface area contributed by atoms with E-state index in [4.69, 9.17) is 0 Å². The SMILES string of the molecule is CNC(/C=C/c1ccc(C(=O)OC)cc1)C(F)(F)F. The van der Waals surface area contributed by atoms with Crippen LogP contribution in [0.1, 0.15) is 15.9 Å². The molecule has 0 fully saturated rings. The fourth-order valence-electron chi connectivity index (χ4n) is 1.42. The van der Waals surface area contributed by atoms with Crippen LogP contribution in [0, 0.1) is 0 Å². The Morgan fingerprint density at radius 2 is 1.89 bits per heavy atom. The quantitative estimate of drug-likeness (QED) is 0.857. The van der Waals surface area contributed by atoms with Gasteiger partial charge in [0.1, 0.15) is 6.04 Å². The van der Waals surface area contributed by atoms with Gasteiger partial charge in [0.15, 0.2) is 0 Å². The van der Waals surface area contributed by atoms with E-state index in [1.807, 2.05) is 0 Å². The molecule has 0 bridgehead atoms. The van der Waals surface area contributed by atoms with Gasteiger partial charge in [0, 0.05) is 0 Å². The maximum absolute atomic E-state index is 12.5. The van der Waals surface area contributed by atoms with Crippen molar-refractivity contribution >= 4 is 12.0 Å². The first-order valence-corrected chi connectivity index (χ1v) is 5.49. The van der Waals surface area contributed by atoms with Gasteiger partial charge in [0.2, 0.25) is 0 Å². The molecule has 1 atom stereocenters.